The van der Waals surface area contributed by atoms with Gasteiger partial charge in [0.25, 0.3) is 0 Å². The number of benzene rings is 1. The van der Waals surface area contributed by atoms with Crippen LogP contribution in [-0.4, -0.2) is 43.8 Å². The molecule has 0 aromatic heterocycles. The number of methoxy groups -OCH3 is 1. The lowest BCUT2D eigenvalue weighted by Gasteiger charge is -2.29. The van der Waals surface area contributed by atoms with E-state index in [1.165, 1.54) is 19.2 Å². The molecule has 1 rings (SSSR count). The van der Waals surface area contributed by atoms with Crippen LogP contribution in [0.1, 0.15) is 37.0 Å². The van der Waals surface area contributed by atoms with Gasteiger partial charge < -0.3 is 15.4 Å². The molecule has 0 unspecified atom stereocenters. The smallest absolute Gasteiger partial charge is 0.222 e. The van der Waals surface area contributed by atoms with E-state index in [2.05, 4.69) is 0 Å². The number of hydrogen-bond acceptors (Lipinski definition) is 4. The summed E-state index contributed by atoms with van der Waals surface area (Å²) in [6.45, 7) is 4.94. The van der Waals surface area contributed by atoms with Crippen LogP contribution < -0.4 is 10.5 Å². The van der Waals surface area contributed by atoms with Crippen molar-refractivity contribution in [3.63, 3.8) is 0 Å². The van der Waals surface area contributed by atoms with Crippen LogP contribution in [-0.2, 0) is 4.79 Å². The fourth-order valence-corrected chi connectivity index (χ4v) is 2.19. The van der Waals surface area contributed by atoms with Crippen molar-refractivity contribution in [1.29, 1.82) is 0 Å². The molecule has 0 spiro atoms. The first-order chi connectivity index (χ1) is 10.7. The molecule has 0 saturated heterocycles. The highest BCUT2D eigenvalue weighted by Gasteiger charge is 2.21. The van der Waals surface area contributed by atoms with Gasteiger partial charge in [0.1, 0.15) is 0 Å². The minimum Gasteiger partial charge on any atom is -0.494 e. The van der Waals surface area contributed by atoms with E-state index in [1.807, 2.05) is 13.8 Å². The number of carbonyl (C=O) groups is 2. The molecule has 2 N–H and O–H groups in total. The molecule has 1 aromatic carbocycles. The molecular formula is C17H25FN2O3. The summed E-state index contributed by atoms with van der Waals surface area (Å²) in [5, 5.41) is 0. The Kier molecular flexibility index (Phi) is 6.69. The number of Topliss-reactive ketones (excluding diaryl/α,β-unsaturated/α-hetero) is 1. The van der Waals surface area contributed by atoms with Gasteiger partial charge in [0.05, 0.1) is 7.11 Å². The number of ketones is 1. The highest BCUT2D eigenvalue weighted by Crippen LogP contribution is 2.19. The molecule has 6 heteroatoms. The average Bonchev–Trinajstić information content (AvgIpc) is 2.51. The molecular weight excluding hydrogens is 299 g/mol. The minimum absolute atomic E-state index is 0.0397. The van der Waals surface area contributed by atoms with Crippen molar-refractivity contribution in [1.82, 2.24) is 4.90 Å². The minimum atomic E-state index is -0.591. The molecule has 0 bridgehead atoms. The summed E-state index contributed by atoms with van der Waals surface area (Å²) in [4.78, 5) is 25.7. The Morgan fingerprint density at radius 2 is 1.96 bits per heavy atom. The maximum Gasteiger partial charge on any atom is 0.222 e. The lowest BCUT2D eigenvalue weighted by Crippen LogP contribution is -2.39. The van der Waals surface area contributed by atoms with Gasteiger partial charge in [-0.2, -0.15) is 0 Å². The van der Waals surface area contributed by atoms with Crippen molar-refractivity contribution >= 4 is 11.7 Å². The summed E-state index contributed by atoms with van der Waals surface area (Å²) < 4.78 is 18.4. The van der Waals surface area contributed by atoms with Gasteiger partial charge in [-0.15, -0.1) is 0 Å². The van der Waals surface area contributed by atoms with Crippen molar-refractivity contribution in [3.8, 4) is 5.75 Å². The zero-order valence-electron chi connectivity index (χ0n) is 14.2. The predicted octanol–water partition coefficient (Wildman–Crippen LogP) is 2.24. The zero-order valence-corrected chi connectivity index (χ0v) is 14.2. The maximum absolute atomic E-state index is 13.6. The highest BCUT2D eigenvalue weighted by atomic mass is 19.1. The van der Waals surface area contributed by atoms with Crippen LogP contribution in [0.2, 0.25) is 0 Å². The van der Waals surface area contributed by atoms with Crippen molar-refractivity contribution < 1.29 is 18.7 Å². The Labute approximate surface area is 136 Å². The van der Waals surface area contributed by atoms with E-state index in [4.69, 9.17) is 10.5 Å². The number of rotatable bonds is 8. The number of ether oxygens (including phenoxy) is 1. The Bertz CT molecular complexity index is 573. The fourth-order valence-electron chi connectivity index (χ4n) is 2.19. The van der Waals surface area contributed by atoms with Crippen molar-refractivity contribution in [3.05, 3.63) is 29.6 Å². The molecule has 1 amide bonds. The molecule has 5 nitrogen and oxygen atoms in total. The third kappa shape index (κ3) is 5.63. The number of nitrogens with two attached hydrogens (primary N) is 1. The molecule has 0 aliphatic rings. The van der Waals surface area contributed by atoms with Gasteiger partial charge in [-0.25, -0.2) is 4.39 Å². The normalized spacial score (nSPS) is 11.2. The molecule has 128 valence electrons. The van der Waals surface area contributed by atoms with Crippen LogP contribution in [0.25, 0.3) is 0 Å². The molecule has 0 saturated carbocycles. The van der Waals surface area contributed by atoms with E-state index in [9.17, 15) is 14.0 Å². The summed E-state index contributed by atoms with van der Waals surface area (Å²) in [7, 11) is 3.05. The topological polar surface area (TPSA) is 72.6 Å². The number of nitrogens with zero attached hydrogens (tertiary/aromatic N) is 1. The molecule has 23 heavy (non-hydrogen) atoms. The zero-order chi connectivity index (χ0) is 17.6. The Morgan fingerprint density at radius 3 is 2.48 bits per heavy atom. The predicted molar refractivity (Wildman–Crippen MR) is 87.0 cm³/mol. The van der Waals surface area contributed by atoms with Crippen LogP contribution in [0.4, 0.5) is 4.39 Å². The van der Waals surface area contributed by atoms with Crippen molar-refractivity contribution in [2.75, 3.05) is 27.2 Å². The molecule has 1 aromatic rings. The van der Waals surface area contributed by atoms with Crippen LogP contribution in [0.5, 0.6) is 5.75 Å². The van der Waals surface area contributed by atoms with Crippen molar-refractivity contribution in [2.45, 2.75) is 26.7 Å². The lowest BCUT2D eigenvalue weighted by atomic mass is 9.93. The van der Waals surface area contributed by atoms with E-state index in [0.29, 0.717) is 13.1 Å². The van der Waals surface area contributed by atoms with Gasteiger partial charge in [0, 0.05) is 32.0 Å². The SMILES string of the molecule is COc1ccc(C(=O)CCC(=O)N(C)CC(C)(C)CN)cc1F. The maximum atomic E-state index is 13.6. The Hall–Kier alpha value is -1.95. The number of hydrogen-bond donors (Lipinski definition) is 1. The van der Waals surface area contributed by atoms with Crippen LogP contribution in [0, 0.1) is 11.2 Å². The van der Waals surface area contributed by atoms with Gasteiger partial charge >= 0.3 is 0 Å². The van der Waals surface area contributed by atoms with Gasteiger partial charge in [0.15, 0.2) is 17.3 Å². The van der Waals surface area contributed by atoms with E-state index >= 15 is 0 Å². The highest BCUT2D eigenvalue weighted by molar-refractivity contribution is 5.98. The second kappa shape index (κ2) is 8.06. The monoisotopic (exact) mass is 324 g/mol. The van der Waals surface area contributed by atoms with Gasteiger partial charge in [-0.05, 0) is 30.2 Å². The summed E-state index contributed by atoms with van der Waals surface area (Å²) >= 11 is 0. The first kappa shape index (κ1) is 19.1. The quantitative estimate of drug-likeness (QED) is 0.744. The van der Waals surface area contributed by atoms with E-state index in [-0.39, 0.29) is 41.3 Å². The molecule has 0 heterocycles. The van der Waals surface area contributed by atoms with Crippen LogP contribution in [0.15, 0.2) is 18.2 Å². The second-order valence-corrected chi connectivity index (χ2v) is 6.39. The average molecular weight is 324 g/mol. The summed E-state index contributed by atoms with van der Waals surface area (Å²) in [6, 6.07) is 4.03. The largest absolute Gasteiger partial charge is 0.494 e. The van der Waals surface area contributed by atoms with Gasteiger partial charge in [0.2, 0.25) is 5.91 Å². The van der Waals surface area contributed by atoms with E-state index in [0.717, 1.165) is 6.07 Å². The number of halogens is 1. The van der Waals surface area contributed by atoms with Crippen molar-refractivity contribution in [2.24, 2.45) is 11.1 Å². The van der Waals surface area contributed by atoms with Crippen LogP contribution in [0.3, 0.4) is 0 Å². The van der Waals surface area contributed by atoms with E-state index in [1.54, 1.807) is 11.9 Å². The summed E-state index contributed by atoms with van der Waals surface area (Å²) in [5.41, 5.74) is 5.72. The second-order valence-electron chi connectivity index (χ2n) is 6.39. The first-order valence-corrected chi connectivity index (χ1v) is 7.51. The molecule has 0 aliphatic carbocycles. The lowest BCUT2D eigenvalue weighted by molar-refractivity contribution is -0.131. The number of amides is 1. The summed E-state index contributed by atoms with van der Waals surface area (Å²) in [6.07, 6.45) is 0.127. The van der Waals surface area contributed by atoms with Gasteiger partial charge in [-0.1, -0.05) is 13.8 Å². The fraction of sp³-hybridized carbons (Fsp3) is 0.529. The van der Waals surface area contributed by atoms with E-state index < -0.39 is 5.82 Å². The van der Waals surface area contributed by atoms with Crippen LogP contribution >= 0.6 is 0 Å². The molecule has 0 fully saturated rings. The van der Waals surface area contributed by atoms with Gasteiger partial charge in [-0.3, -0.25) is 9.59 Å². The molecule has 0 aliphatic heterocycles. The Morgan fingerprint density at radius 1 is 1.30 bits per heavy atom. The Balaban J connectivity index is 2.58. The summed E-state index contributed by atoms with van der Waals surface area (Å²) in [5.74, 6) is -0.909. The number of carbonyl (C=O) groups excluding carboxylic acids is 2. The third-order valence-corrected chi connectivity index (χ3v) is 3.68. The molecule has 0 atom stereocenters. The molecule has 0 radical (unpaired) electrons. The third-order valence-electron chi connectivity index (χ3n) is 3.68. The standard InChI is InChI=1S/C17H25FN2O3/c1-17(2,10-19)11-20(3)16(22)8-6-14(21)12-5-7-15(23-4)13(18)9-12/h5,7,9H,6,8,10-11,19H2,1-4H3. The first-order valence-electron chi connectivity index (χ1n) is 7.51.